The van der Waals surface area contributed by atoms with Crippen LogP contribution in [-0.2, 0) is 4.74 Å². The molecule has 1 aliphatic rings. The van der Waals surface area contributed by atoms with Gasteiger partial charge >= 0.3 is 12.1 Å². The van der Waals surface area contributed by atoms with Gasteiger partial charge in [-0.05, 0) is 60.7 Å². The van der Waals surface area contributed by atoms with Crippen molar-refractivity contribution in [3.05, 3.63) is 59.8 Å². The summed E-state index contributed by atoms with van der Waals surface area (Å²) in [5, 5.41) is 10.0. The lowest BCUT2D eigenvalue weighted by Crippen LogP contribution is -2.31. The van der Waals surface area contributed by atoms with Crippen LogP contribution in [0.2, 0.25) is 0 Å². The zero-order valence-corrected chi connectivity index (χ0v) is 15.6. The van der Waals surface area contributed by atoms with Crippen molar-refractivity contribution in [3.8, 4) is 11.1 Å². The van der Waals surface area contributed by atoms with E-state index in [0.29, 0.717) is 13.2 Å². The highest BCUT2D eigenvalue weighted by Gasteiger charge is 2.31. The van der Waals surface area contributed by atoms with Crippen molar-refractivity contribution in [2.75, 3.05) is 13.2 Å². The number of carboxylic acids is 1. The molecule has 0 saturated carbocycles. The van der Waals surface area contributed by atoms with Crippen LogP contribution >= 0.6 is 0 Å². The van der Waals surface area contributed by atoms with Gasteiger partial charge in [0.2, 0.25) is 0 Å². The molecule has 0 unspecified atom stereocenters. The van der Waals surface area contributed by atoms with Crippen LogP contribution in [-0.4, -0.2) is 40.2 Å². The monoisotopic (exact) mass is 378 g/mol. The molecule has 28 heavy (non-hydrogen) atoms. The lowest BCUT2D eigenvalue weighted by Gasteiger charge is -2.24. The van der Waals surface area contributed by atoms with Gasteiger partial charge in [-0.25, -0.2) is 9.59 Å². The molecule has 1 atom stereocenters. The van der Waals surface area contributed by atoms with Crippen molar-refractivity contribution in [2.24, 2.45) is 0 Å². The summed E-state index contributed by atoms with van der Waals surface area (Å²) in [6, 6.07) is 15.7. The zero-order chi connectivity index (χ0) is 19.7. The number of rotatable bonds is 4. The summed E-state index contributed by atoms with van der Waals surface area (Å²) >= 11 is 0. The van der Waals surface area contributed by atoms with E-state index < -0.39 is 5.97 Å². The smallest absolute Gasteiger partial charge is 0.410 e. The number of nitrogens with one attached hydrogen (secondary N) is 1. The molecule has 1 aromatic heterocycles. The number of likely N-dealkylation sites (tertiary alicyclic amines) is 1. The topological polar surface area (TPSA) is 82.6 Å². The van der Waals surface area contributed by atoms with E-state index in [9.17, 15) is 9.59 Å². The van der Waals surface area contributed by atoms with E-state index in [1.54, 1.807) is 11.0 Å². The normalized spacial score (nSPS) is 16.5. The fraction of sp³-hybridized carbons (Fsp3) is 0.273. The van der Waals surface area contributed by atoms with Crippen molar-refractivity contribution in [1.82, 2.24) is 9.88 Å². The van der Waals surface area contributed by atoms with Crippen LogP contribution in [0.3, 0.4) is 0 Å². The van der Waals surface area contributed by atoms with Gasteiger partial charge in [-0.15, -0.1) is 0 Å². The third-order valence-corrected chi connectivity index (χ3v) is 5.21. The third-order valence-electron chi connectivity index (χ3n) is 5.21. The Balaban J connectivity index is 1.66. The fourth-order valence-electron chi connectivity index (χ4n) is 3.89. The number of amides is 1. The van der Waals surface area contributed by atoms with Gasteiger partial charge in [-0.3, -0.25) is 0 Å². The van der Waals surface area contributed by atoms with E-state index in [1.807, 2.05) is 43.3 Å². The maximum atomic E-state index is 12.2. The molecule has 3 aromatic rings. The summed E-state index contributed by atoms with van der Waals surface area (Å²) in [5.41, 5.74) is 4.10. The van der Waals surface area contributed by atoms with Crippen molar-refractivity contribution >= 4 is 23.0 Å². The van der Waals surface area contributed by atoms with Gasteiger partial charge in [0.1, 0.15) is 5.69 Å². The second kappa shape index (κ2) is 7.38. The Labute approximate surface area is 162 Å². The zero-order valence-electron chi connectivity index (χ0n) is 15.6. The predicted molar refractivity (Wildman–Crippen MR) is 106 cm³/mol. The molecule has 1 fully saturated rings. The third kappa shape index (κ3) is 3.33. The Kier molecular flexibility index (Phi) is 4.77. The average Bonchev–Trinajstić information content (AvgIpc) is 3.35. The summed E-state index contributed by atoms with van der Waals surface area (Å²) in [7, 11) is 0. The number of carbonyl (C=O) groups excluding carboxylic acids is 1. The van der Waals surface area contributed by atoms with Crippen molar-refractivity contribution in [3.63, 3.8) is 0 Å². The van der Waals surface area contributed by atoms with E-state index >= 15 is 0 Å². The van der Waals surface area contributed by atoms with Crippen LogP contribution in [0.15, 0.2) is 48.5 Å². The van der Waals surface area contributed by atoms with Crippen molar-refractivity contribution in [1.29, 1.82) is 0 Å². The lowest BCUT2D eigenvalue weighted by atomic mass is 9.97. The predicted octanol–water partition coefficient (Wildman–Crippen LogP) is 4.83. The number of hydrogen-bond donors (Lipinski definition) is 2. The molecule has 1 saturated heterocycles. The Morgan fingerprint density at radius 3 is 2.79 bits per heavy atom. The van der Waals surface area contributed by atoms with Gasteiger partial charge in [0.05, 0.1) is 12.6 Å². The summed E-state index contributed by atoms with van der Waals surface area (Å²) < 4.78 is 5.20. The summed E-state index contributed by atoms with van der Waals surface area (Å²) in [6.45, 7) is 2.90. The molecule has 6 heteroatoms. The van der Waals surface area contributed by atoms with Crippen LogP contribution < -0.4 is 0 Å². The molecule has 4 rings (SSSR count). The first-order valence-electron chi connectivity index (χ1n) is 9.46. The van der Waals surface area contributed by atoms with Gasteiger partial charge in [0.15, 0.2) is 0 Å². The van der Waals surface area contributed by atoms with E-state index in [0.717, 1.165) is 40.4 Å². The van der Waals surface area contributed by atoms with Crippen molar-refractivity contribution in [2.45, 2.75) is 25.8 Å². The molecule has 0 spiro atoms. The van der Waals surface area contributed by atoms with Gasteiger partial charge in [-0.2, -0.15) is 0 Å². The van der Waals surface area contributed by atoms with E-state index in [-0.39, 0.29) is 17.8 Å². The fourth-order valence-corrected chi connectivity index (χ4v) is 3.89. The molecular formula is C22H22N2O4. The van der Waals surface area contributed by atoms with Crippen LogP contribution in [0.4, 0.5) is 4.79 Å². The Morgan fingerprint density at radius 1 is 1.18 bits per heavy atom. The van der Waals surface area contributed by atoms with E-state index in [4.69, 9.17) is 9.84 Å². The molecule has 0 aliphatic carbocycles. The molecule has 1 amide bonds. The first-order chi connectivity index (χ1) is 13.6. The number of aromatic carboxylic acids is 1. The number of carbonyl (C=O) groups is 2. The van der Waals surface area contributed by atoms with E-state index in [2.05, 4.69) is 11.1 Å². The summed E-state index contributed by atoms with van der Waals surface area (Å²) in [4.78, 5) is 28.1. The van der Waals surface area contributed by atoms with Crippen LogP contribution in [0.1, 0.15) is 41.9 Å². The summed E-state index contributed by atoms with van der Waals surface area (Å²) in [6.07, 6.45) is 1.62. The summed E-state index contributed by atoms with van der Waals surface area (Å²) in [5.74, 6) is -0.972. The highest BCUT2D eigenvalue weighted by atomic mass is 16.6. The number of aromatic nitrogens is 1. The molecule has 1 aliphatic heterocycles. The number of hydrogen-bond acceptors (Lipinski definition) is 3. The quantitative estimate of drug-likeness (QED) is 0.681. The minimum Gasteiger partial charge on any atom is -0.477 e. The van der Waals surface area contributed by atoms with Gasteiger partial charge in [0.25, 0.3) is 0 Å². The number of fused-ring (bicyclic) bond motifs is 1. The maximum absolute atomic E-state index is 12.2. The second-order valence-electron chi connectivity index (χ2n) is 6.97. The van der Waals surface area contributed by atoms with Crippen LogP contribution in [0.5, 0.6) is 0 Å². The first kappa shape index (κ1) is 18.1. The van der Waals surface area contributed by atoms with Crippen LogP contribution in [0, 0.1) is 0 Å². The van der Waals surface area contributed by atoms with E-state index in [1.165, 1.54) is 0 Å². The first-order valence-corrected chi connectivity index (χ1v) is 9.46. The highest BCUT2D eigenvalue weighted by Crippen LogP contribution is 2.35. The largest absolute Gasteiger partial charge is 0.477 e. The number of aromatic amines is 1. The SMILES string of the molecule is CCOC(=O)N1CCC[C@H]1c1cccc(-c2ccc3[nH]c(C(=O)O)cc3c2)c1. The van der Waals surface area contributed by atoms with Crippen molar-refractivity contribution < 1.29 is 19.4 Å². The average molecular weight is 378 g/mol. The minimum absolute atomic E-state index is 0.0219. The molecule has 2 aromatic carbocycles. The molecule has 2 heterocycles. The highest BCUT2D eigenvalue weighted by molar-refractivity contribution is 5.95. The number of benzene rings is 2. The standard InChI is InChI=1S/C22H22N2O4/c1-2-28-22(27)24-10-4-7-20(24)16-6-3-5-14(11-16)15-8-9-18-17(12-15)13-19(23-18)21(25)26/h3,5-6,8-9,11-13,20,23H,2,4,7,10H2,1H3,(H,25,26)/t20-/m0/s1. The lowest BCUT2D eigenvalue weighted by molar-refractivity contribution is 0.0691. The Bertz CT molecular complexity index is 1040. The van der Waals surface area contributed by atoms with Gasteiger partial charge in [0, 0.05) is 17.4 Å². The van der Waals surface area contributed by atoms with Crippen LogP contribution in [0.25, 0.3) is 22.0 Å². The Morgan fingerprint density at radius 2 is 2.00 bits per heavy atom. The maximum Gasteiger partial charge on any atom is 0.410 e. The molecule has 0 radical (unpaired) electrons. The van der Waals surface area contributed by atoms with Gasteiger partial charge < -0.3 is 19.7 Å². The minimum atomic E-state index is -0.972. The Hall–Kier alpha value is -3.28. The molecule has 0 bridgehead atoms. The number of H-pyrrole nitrogens is 1. The number of carboxylic acid groups (broad SMARTS) is 1. The van der Waals surface area contributed by atoms with Gasteiger partial charge in [-0.1, -0.05) is 24.3 Å². The second-order valence-corrected chi connectivity index (χ2v) is 6.97. The number of ether oxygens (including phenoxy) is 1. The molecular weight excluding hydrogens is 356 g/mol. The molecule has 144 valence electrons. The molecule has 2 N–H and O–H groups in total. The number of nitrogens with zero attached hydrogens (tertiary/aromatic N) is 1. The molecule has 6 nitrogen and oxygen atoms in total.